The van der Waals surface area contributed by atoms with Gasteiger partial charge in [-0.25, -0.2) is 4.79 Å². The fourth-order valence-corrected chi connectivity index (χ4v) is 4.02. The Kier molecular flexibility index (Phi) is 5.14. The standard InChI is InChI=1S/C24H21NO4/c26-21(25-22(24(28)29)23(27)15-8-2-1-3-9-15)14-20-18-12-6-4-10-16(18)17-11-5-7-13-19(17)20/h1-13,20,22-23,27H,14H2,(H,25,26)(H,28,29)/t22-,23-/m0/s1. The van der Waals surface area contributed by atoms with Gasteiger partial charge in [-0.05, 0) is 27.8 Å². The van der Waals surface area contributed by atoms with Crippen molar-refractivity contribution in [2.75, 3.05) is 0 Å². The molecule has 0 heterocycles. The fourth-order valence-electron chi connectivity index (χ4n) is 4.02. The molecule has 0 unspecified atom stereocenters. The number of carbonyl (C=O) groups excluding carboxylic acids is 1. The zero-order valence-electron chi connectivity index (χ0n) is 15.7. The topological polar surface area (TPSA) is 86.6 Å². The molecule has 0 bridgehead atoms. The number of benzene rings is 3. The van der Waals surface area contributed by atoms with Crippen LogP contribution in [-0.4, -0.2) is 28.1 Å². The van der Waals surface area contributed by atoms with Gasteiger partial charge in [-0.1, -0.05) is 78.9 Å². The number of aliphatic carboxylic acids is 1. The molecule has 2 atom stereocenters. The predicted octanol–water partition coefficient (Wildman–Crippen LogP) is 3.49. The molecule has 1 amide bonds. The molecule has 0 fully saturated rings. The molecule has 3 aromatic rings. The molecule has 3 N–H and O–H groups in total. The molecule has 0 saturated heterocycles. The molecule has 0 saturated carbocycles. The van der Waals surface area contributed by atoms with Gasteiger partial charge in [0.2, 0.25) is 5.91 Å². The molecule has 4 rings (SSSR count). The first-order chi connectivity index (χ1) is 14.1. The molecule has 1 aliphatic carbocycles. The molecule has 0 aromatic heterocycles. The highest BCUT2D eigenvalue weighted by Gasteiger charge is 2.33. The van der Waals surface area contributed by atoms with Crippen LogP contribution in [0.2, 0.25) is 0 Å². The Morgan fingerprint density at radius 3 is 1.90 bits per heavy atom. The van der Waals surface area contributed by atoms with Crippen LogP contribution in [0.25, 0.3) is 11.1 Å². The average molecular weight is 387 g/mol. The van der Waals surface area contributed by atoms with Crippen LogP contribution in [0, 0.1) is 0 Å². The molecule has 1 aliphatic rings. The normalized spacial score (nSPS) is 14.5. The van der Waals surface area contributed by atoms with Gasteiger partial charge in [0, 0.05) is 12.3 Å². The number of rotatable bonds is 6. The smallest absolute Gasteiger partial charge is 0.329 e. The molecule has 146 valence electrons. The van der Waals surface area contributed by atoms with Crippen LogP contribution in [0.15, 0.2) is 78.9 Å². The number of amides is 1. The van der Waals surface area contributed by atoms with Gasteiger partial charge in [0.15, 0.2) is 6.04 Å². The summed E-state index contributed by atoms with van der Waals surface area (Å²) in [6.45, 7) is 0. The summed E-state index contributed by atoms with van der Waals surface area (Å²) in [5.74, 6) is -1.84. The Morgan fingerprint density at radius 1 is 0.828 bits per heavy atom. The lowest BCUT2D eigenvalue weighted by Crippen LogP contribution is -2.45. The van der Waals surface area contributed by atoms with Gasteiger partial charge in [-0.3, -0.25) is 4.79 Å². The number of hydrogen-bond acceptors (Lipinski definition) is 3. The summed E-state index contributed by atoms with van der Waals surface area (Å²) in [5, 5.41) is 22.6. The number of fused-ring (bicyclic) bond motifs is 3. The van der Waals surface area contributed by atoms with Crippen LogP contribution >= 0.6 is 0 Å². The average Bonchev–Trinajstić information content (AvgIpc) is 3.06. The third-order valence-corrected chi connectivity index (χ3v) is 5.39. The molecule has 29 heavy (non-hydrogen) atoms. The second kappa shape index (κ2) is 7.89. The second-order valence-corrected chi connectivity index (χ2v) is 7.17. The van der Waals surface area contributed by atoms with Crippen LogP contribution in [0.4, 0.5) is 0 Å². The van der Waals surface area contributed by atoms with Crippen LogP contribution in [0.1, 0.15) is 35.1 Å². The number of carboxylic acid groups (broad SMARTS) is 1. The maximum atomic E-state index is 12.8. The second-order valence-electron chi connectivity index (χ2n) is 7.17. The van der Waals surface area contributed by atoms with Crippen molar-refractivity contribution in [2.45, 2.75) is 24.5 Å². The van der Waals surface area contributed by atoms with E-state index in [0.717, 1.165) is 22.3 Å². The lowest BCUT2D eigenvalue weighted by atomic mass is 9.93. The van der Waals surface area contributed by atoms with Gasteiger partial charge in [0.1, 0.15) is 6.10 Å². The summed E-state index contributed by atoms with van der Waals surface area (Å²) in [7, 11) is 0. The maximum absolute atomic E-state index is 12.8. The van der Waals surface area contributed by atoms with E-state index in [4.69, 9.17) is 0 Å². The Bertz CT molecular complexity index is 1000. The first kappa shape index (κ1) is 18.9. The summed E-state index contributed by atoms with van der Waals surface area (Å²) in [4.78, 5) is 24.5. The molecule has 0 aliphatic heterocycles. The van der Waals surface area contributed by atoms with E-state index in [1.54, 1.807) is 30.3 Å². The predicted molar refractivity (Wildman–Crippen MR) is 109 cm³/mol. The maximum Gasteiger partial charge on any atom is 0.329 e. The zero-order valence-corrected chi connectivity index (χ0v) is 15.7. The van der Waals surface area contributed by atoms with E-state index >= 15 is 0 Å². The van der Waals surface area contributed by atoms with Crippen LogP contribution in [0.3, 0.4) is 0 Å². The third kappa shape index (κ3) is 3.65. The molecule has 5 heteroatoms. The van der Waals surface area contributed by atoms with Gasteiger partial charge < -0.3 is 15.5 Å². The van der Waals surface area contributed by atoms with Crippen LogP contribution in [0.5, 0.6) is 0 Å². The minimum absolute atomic E-state index is 0.110. The Balaban J connectivity index is 1.55. The quantitative estimate of drug-likeness (QED) is 0.604. The molecular formula is C24H21NO4. The van der Waals surface area contributed by atoms with E-state index in [0.29, 0.717) is 5.56 Å². The summed E-state index contributed by atoms with van der Waals surface area (Å²) in [6.07, 6.45) is -1.22. The van der Waals surface area contributed by atoms with E-state index in [9.17, 15) is 19.8 Å². The van der Waals surface area contributed by atoms with Crippen molar-refractivity contribution in [1.29, 1.82) is 0 Å². The first-order valence-electron chi connectivity index (χ1n) is 9.49. The van der Waals surface area contributed by atoms with Gasteiger partial charge in [-0.15, -0.1) is 0 Å². The lowest BCUT2D eigenvalue weighted by Gasteiger charge is -2.22. The molecular weight excluding hydrogens is 366 g/mol. The summed E-state index contributed by atoms with van der Waals surface area (Å²) in [6, 6.07) is 22.9. The van der Waals surface area contributed by atoms with Crippen molar-refractivity contribution >= 4 is 11.9 Å². The number of aliphatic hydroxyl groups excluding tert-OH is 1. The van der Waals surface area contributed by atoms with Gasteiger partial charge in [0.25, 0.3) is 0 Å². The molecule has 5 nitrogen and oxygen atoms in total. The summed E-state index contributed by atoms with van der Waals surface area (Å²) in [5.41, 5.74) is 4.75. The Labute approximate surface area is 168 Å². The van der Waals surface area contributed by atoms with E-state index < -0.39 is 24.0 Å². The Hall–Kier alpha value is -3.44. The largest absolute Gasteiger partial charge is 0.480 e. The van der Waals surface area contributed by atoms with Crippen molar-refractivity contribution in [3.63, 3.8) is 0 Å². The monoisotopic (exact) mass is 387 g/mol. The van der Waals surface area contributed by atoms with Crippen LogP contribution in [-0.2, 0) is 9.59 Å². The van der Waals surface area contributed by atoms with Gasteiger partial charge in [-0.2, -0.15) is 0 Å². The number of aliphatic hydroxyl groups is 1. The van der Waals surface area contributed by atoms with Crippen molar-refractivity contribution in [1.82, 2.24) is 5.32 Å². The fraction of sp³-hybridized carbons (Fsp3) is 0.167. The highest BCUT2D eigenvalue weighted by atomic mass is 16.4. The minimum Gasteiger partial charge on any atom is -0.480 e. The zero-order chi connectivity index (χ0) is 20.4. The number of carbonyl (C=O) groups is 2. The SMILES string of the molecule is O=C(CC1c2ccccc2-c2ccccc21)N[C@H](C(=O)O)[C@@H](O)c1ccccc1. The lowest BCUT2D eigenvalue weighted by molar-refractivity contribution is -0.145. The van der Waals surface area contributed by atoms with Crippen molar-refractivity contribution in [3.05, 3.63) is 95.6 Å². The molecule has 3 aromatic carbocycles. The summed E-state index contributed by atoms with van der Waals surface area (Å²) >= 11 is 0. The van der Waals surface area contributed by atoms with Crippen molar-refractivity contribution < 1.29 is 19.8 Å². The van der Waals surface area contributed by atoms with E-state index in [1.807, 2.05) is 48.5 Å². The first-order valence-corrected chi connectivity index (χ1v) is 9.49. The number of hydrogen-bond donors (Lipinski definition) is 3. The van der Waals surface area contributed by atoms with Gasteiger partial charge >= 0.3 is 5.97 Å². The molecule has 0 radical (unpaired) electrons. The highest BCUT2D eigenvalue weighted by molar-refractivity contribution is 5.87. The van der Waals surface area contributed by atoms with E-state index in [-0.39, 0.29) is 12.3 Å². The van der Waals surface area contributed by atoms with Gasteiger partial charge in [0.05, 0.1) is 0 Å². The van der Waals surface area contributed by atoms with E-state index in [1.165, 1.54) is 0 Å². The third-order valence-electron chi connectivity index (χ3n) is 5.39. The van der Waals surface area contributed by atoms with E-state index in [2.05, 4.69) is 5.32 Å². The number of carboxylic acids is 1. The van der Waals surface area contributed by atoms with Crippen molar-refractivity contribution in [2.24, 2.45) is 0 Å². The molecule has 0 spiro atoms. The number of nitrogens with one attached hydrogen (secondary N) is 1. The van der Waals surface area contributed by atoms with Crippen molar-refractivity contribution in [3.8, 4) is 11.1 Å². The van der Waals surface area contributed by atoms with Crippen LogP contribution < -0.4 is 5.32 Å². The summed E-state index contributed by atoms with van der Waals surface area (Å²) < 4.78 is 0. The minimum atomic E-state index is -1.42. The Morgan fingerprint density at radius 2 is 1.34 bits per heavy atom. The highest BCUT2D eigenvalue weighted by Crippen LogP contribution is 2.46.